The molecule has 2 N–H and O–H groups in total. The molecule has 5 nitrogen and oxygen atoms in total. The van der Waals surface area contributed by atoms with Gasteiger partial charge in [0.05, 0.1) is 14.8 Å². The SMILES string of the molecule is CC(=O)N(C(C)=O)c1c(I)cc(I)c(C(N)=O)c1I. The molecule has 0 atom stereocenters. The maximum atomic E-state index is 11.6. The molecule has 8 heteroatoms. The number of carbonyl (C=O) groups is 3. The summed E-state index contributed by atoms with van der Waals surface area (Å²) in [6, 6.07) is 1.72. The van der Waals surface area contributed by atoms with E-state index in [1.807, 2.05) is 67.8 Å². The Morgan fingerprint density at radius 3 is 1.89 bits per heavy atom. The number of rotatable bonds is 2. The molecule has 1 aromatic carbocycles. The van der Waals surface area contributed by atoms with Crippen molar-refractivity contribution in [1.82, 2.24) is 0 Å². The van der Waals surface area contributed by atoms with E-state index in [1.54, 1.807) is 6.07 Å². The molecule has 1 aromatic rings. The Morgan fingerprint density at radius 1 is 1.05 bits per heavy atom. The molecular formula is C11H9I3N2O3. The summed E-state index contributed by atoms with van der Waals surface area (Å²) in [6.45, 7) is 2.60. The quantitative estimate of drug-likeness (QED) is 0.532. The maximum absolute atomic E-state index is 11.6. The lowest BCUT2D eigenvalue weighted by Crippen LogP contribution is -2.35. The van der Waals surface area contributed by atoms with Gasteiger partial charge in [-0.1, -0.05) is 0 Å². The number of carbonyl (C=O) groups excluding carboxylic acids is 3. The second-order valence-corrected chi connectivity index (χ2v) is 7.02. The number of halogens is 3. The van der Waals surface area contributed by atoms with Crippen molar-refractivity contribution in [3.63, 3.8) is 0 Å². The maximum Gasteiger partial charge on any atom is 0.250 e. The fourth-order valence-corrected chi connectivity index (χ4v) is 5.93. The van der Waals surface area contributed by atoms with E-state index in [2.05, 4.69) is 0 Å². The van der Waals surface area contributed by atoms with Gasteiger partial charge in [-0.25, -0.2) is 4.90 Å². The molecule has 0 aromatic heterocycles. The minimum Gasteiger partial charge on any atom is -0.366 e. The lowest BCUT2D eigenvalue weighted by molar-refractivity contribution is -0.124. The van der Waals surface area contributed by atoms with Crippen LogP contribution in [-0.4, -0.2) is 17.7 Å². The molecule has 0 aliphatic carbocycles. The number of benzene rings is 1. The van der Waals surface area contributed by atoms with Gasteiger partial charge >= 0.3 is 0 Å². The third-order valence-electron chi connectivity index (χ3n) is 2.25. The molecule has 0 bridgehead atoms. The van der Waals surface area contributed by atoms with Crippen molar-refractivity contribution in [2.75, 3.05) is 4.90 Å². The Bertz CT molecular complexity index is 573. The molecule has 0 radical (unpaired) electrons. The Balaban J connectivity index is 3.68. The van der Waals surface area contributed by atoms with Crippen LogP contribution in [0.2, 0.25) is 0 Å². The monoisotopic (exact) mass is 598 g/mol. The predicted octanol–water partition coefficient (Wildman–Crippen LogP) is 2.50. The van der Waals surface area contributed by atoms with Crippen LogP contribution in [0, 0.1) is 10.7 Å². The first kappa shape index (κ1) is 17.1. The average Bonchev–Trinajstić information content (AvgIpc) is 2.21. The number of amides is 3. The molecule has 102 valence electrons. The van der Waals surface area contributed by atoms with Gasteiger partial charge < -0.3 is 5.73 Å². The molecule has 0 aliphatic rings. The zero-order valence-corrected chi connectivity index (χ0v) is 16.4. The van der Waals surface area contributed by atoms with E-state index in [4.69, 9.17) is 5.73 Å². The van der Waals surface area contributed by atoms with Crippen molar-refractivity contribution in [1.29, 1.82) is 0 Å². The normalized spacial score (nSPS) is 10.2. The summed E-state index contributed by atoms with van der Waals surface area (Å²) in [5, 5.41) is 0. The first-order valence-electron chi connectivity index (χ1n) is 4.97. The molecule has 0 spiro atoms. The summed E-state index contributed by atoms with van der Waals surface area (Å²) in [7, 11) is 0. The highest BCUT2D eigenvalue weighted by Crippen LogP contribution is 2.34. The highest BCUT2D eigenvalue weighted by atomic mass is 127. The van der Waals surface area contributed by atoms with E-state index >= 15 is 0 Å². The number of nitrogens with two attached hydrogens (primary N) is 1. The van der Waals surface area contributed by atoms with Crippen LogP contribution >= 0.6 is 67.8 Å². The lowest BCUT2D eigenvalue weighted by Gasteiger charge is -2.22. The van der Waals surface area contributed by atoms with Crippen LogP contribution in [0.3, 0.4) is 0 Å². The number of hydrogen-bond donors (Lipinski definition) is 1. The Hall–Kier alpha value is 0.0200. The summed E-state index contributed by atoms with van der Waals surface area (Å²) >= 11 is 5.96. The van der Waals surface area contributed by atoms with E-state index in [0.29, 0.717) is 22.0 Å². The number of anilines is 1. The molecule has 19 heavy (non-hydrogen) atoms. The van der Waals surface area contributed by atoms with Crippen molar-refractivity contribution in [2.45, 2.75) is 13.8 Å². The smallest absolute Gasteiger partial charge is 0.250 e. The molecular weight excluding hydrogens is 589 g/mol. The minimum atomic E-state index is -0.585. The molecule has 0 unspecified atom stereocenters. The minimum absolute atomic E-state index is 0.323. The highest BCUT2D eigenvalue weighted by Gasteiger charge is 2.26. The summed E-state index contributed by atoms with van der Waals surface area (Å²) in [6.07, 6.45) is 0. The third kappa shape index (κ3) is 3.56. The summed E-state index contributed by atoms with van der Waals surface area (Å²) < 4.78 is 1.91. The highest BCUT2D eigenvalue weighted by molar-refractivity contribution is 14.1. The van der Waals surface area contributed by atoms with Gasteiger partial charge in [-0.3, -0.25) is 14.4 Å². The van der Waals surface area contributed by atoms with E-state index in [0.717, 1.165) is 4.90 Å². The fraction of sp³-hybridized carbons (Fsp3) is 0.182. The fourth-order valence-electron chi connectivity index (χ4n) is 1.55. The number of nitrogens with zero attached hydrogens (tertiary/aromatic N) is 1. The van der Waals surface area contributed by atoms with Crippen LogP contribution in [0.5, 0.6) is 0 Å². The molecule has 0 aliphatic heterocycles. The molecule has 0 fully saturated rings. The standard InChI is InChI=1S/C11H9I3N2O3/c1-4(17)16(5(2)18)10-7(13)3-6(12)8(9(10)14)11(15)19/h3H,1-2H3,(H2,15,19). The molecule has 0 saturated carbocycles. The Morgan fingerprint density at radius 2 is 1.53 bits per heavy atom. The van der Waals surface area contributed by atoms with Crippen molar-refractivity contribution < 1.29 is 14.4 Å². The van der Waals surface area contributed by atoms with E-state index < -0.39 is 17.7 Å². The molecule has 1 rings (SSSR count). The van der Waals surface area contributed by atoms with Gasteiger partial charge in [0.2, 0.25) is 11.8 Å². The van der Waals surface area contributed by atoms with Gasteiger partial charge in [0.25, 0.3) is 5.91 Å². The first-order chi connectivity index (χ1) is 8.68. The van der Waals surface area contributed by atoms with Crippen LogP contribution < -0.4 is 10.6 Å². The molecule has 0 heterocycles. The van der Waals surface area contributed by atoms with Gasteiger partial charge in [0, 0.05) is 21.0 Å². The summed E-state index contributed by atoms with van der Waals surface area (Å²) in [5.74, 6) is -1.39. The van der Waals surface area contributed by atoms with Crippen molar-refractivity contribution in [3.8, 4) is 0 Å². The third-order valence-corrected chi connectivity index (χ3v) is 4.97. The first-order valence-corrected chi connectivity index (χ1v) is 8.20. The van der Waals surface area contributed by atoms with Gasteiger partial charge in [0.1, 0.15) is 0 Å². The summed E-state index contributed by atoms with van der Waals surface area (Å²) in [5.41, 5.74) is 6.08. The zero-order chi connectivity index (χ0) is 14.9. The van der Waals surface area contributed by atoms with E-state index in [9.17, 15) is 14.4 Å². The number of hydrogen-bond acceptors (Lipinski definition) is 3. The van der Waals surface area contributed by atoms with Gasteiger partial charge in [-0.05, 0) is 73.8 Å². The van der Waals surface area contributed by atoms with Gasteiger partial charge in [-0.2, -0.15) is 0 Å². The molecule has 3 amide bonds. The topological polar surface area (TPSA) is 80.5 Å². The van der Waals surface area contributed by atoms with E-state index in [1.165, 1.54) is 13.8 Å². The predicted molar refractivity (Wildman–Crippen MR) is 97.0 cm³/mol. The van der Waals surface area contributed by atoms with Crippen LogP contribution in [0.25, 0.3) is 0 Å². The van der Waals surface area contributed by atoms with Gasteiger partial charge in [0.15, 0.2) is 0 Å². The average molecular weight is 598 g/mol. The van der Waals surface area contributed by atoms with Crippen molar-refractivity contribution in [3.05, 3.63) is 22.3 Å². The van der Waals surface area contributed by atoms with Crippen LogP contribution in [-0.2, 0) is 9.59 Å². The van der Waals surface area contributed by atoms with Crippen LogP contribution in [0.15, 0.2) is 6.07 Å². The Kier molecular flexibility index (Phi) is 5.97. The van der Waals surface area contributed by atoms with Gasteiger partial charge in [-0.15, -0.1) is 0 Å². The van der Waals surface area contributed by atoms with E-state index in [-0.39, 0.29) is 0 Å². The second-order valence-electron chi connectivity index (χ2n) is 3.62. The van der Waals surface area contributed by atoms with Crippen LogP contribution in [0.4, 0.5) is 5.69 Å². The van der Waals surface area contributed by atoms with Crippen molar-refractivity contribution in [2.24, 2.45) is 5.73 Å². The lowest BCUT2D eigenvalue weighted by atomic mass is 10.1. The summed E-state index contributed by atoms with van der Waals surface area (Å²) in [4.78, 5) is 35.8. The molecule has 0 saturated heterocycles. The number of imide groups is 1. The largest absolute Gasteiger partial charge is 0.366 e. The van der Waals surface area contributed by atoms with Crippen LogP contribution in [0.1, 0.15) is 24.2 Å². The van der Waals surface area contributed by atoms with Crippen molar-refractivity contribution >= 4 is 91.2 Å². The number of primary amides is 1. The zero-order valence-electron chi connectivity index (χ0n) is 9.96. The Labute approximate surface area is 151 Å². The second kappa shape index (κ2) is 6.65.